The van der Waals surface area contributed by atoms with Crippen molar-refractivity contribution < 1.29 is 9.47 Å². The molecule has 0 unspecified atom stereocenters. The lowest BCUT2D eigenvalue weighted by atomic mass is 10.1. The van der Waals surface area contributed by atoms with E-state index in [1.54, 1.807) is 7.05 Å². The van der Waals surface area contributed by atoms with Crippen LogP contribution in [0.4, 0.5) is 0 Å². The van der Waals surface area contributed by atoms with E-state index >= 15 is 0 Å². The van der Waals surface area contributed by atoms with E-state index in [2.05, 4.69) is 56.8 Å². The number of aromatic amines is 1. The highest BCUT2D eigenvalue weighted by Gasteiger charge is 2.07. The second-order valence-corrected chi connectivity index (χ2v) is 7.05. The molecule has 0 aliphatic rings. The summed E-state index contributed by atoms with van der Waals surface area (Å²) >= 11 is 0. The summed E-state index contributed by atoms with van der Waals surface area (Å²) < 4.78 is 11.3. The number of halogens is 1. The molecule has 0 amide bonds. The molecule has 32 heavy (non-hydrogen) atoms. The van der Waals surface area contributed by atoms with Gasteiger partial charge in [-0.1, -0.05) is 42.5 Å². The Bertz CT molecular complexity index is 976. The lowest BCUT2D eigenvalue weighted by molar-refractivity contribution is 0.110. The van der Waals surface area contributed by atoms with Gasteiger partial charge in [0.25, 0.3) is 0 Å². The van der Waals surface area contributed by atoms with Gasteiger partial charge in [0.1, 0.15) is 18.2 Å². The molecule has 1 heterocycles. The van der Waals surface area contributed by atoms with Crippen LogP contribution in [0, 0.1) is 6.92 Å². The molecule has 3 N–H and O–H groups in total. The van der Waals surface area contributed by atoms with Gasteiger partial charge in [-0.15, -0.1) is 24.0 Å². The van der Waals surface area contributed by atoms with E-state index in [4.69, 9.17) is 9.47 Å². The molecule has 3 rings (SSSR count). The Morgan fingerprint density at radius 3 is 2.59 bits per heavy atom. The Morgan fingerprint density at radius 1 is 1.06 bits per heavy atom. The zero-order valence-corrected chi connectivity index (χ0v) is 21.2. The number of aryl methyl sites for hydroxylation is 1. The van der Waals surface area contributed by atoms with Crippen LogP contribution in [0.25, 0.3) is 11.3 Å². The summed E-state index contributed by atoms with van der Waals surface area (Å²) in [7, 11) is 1.75. The largest absolute Gasteiger partial charge is 0.491 e. The van der Waals surface area contributed by atoms with Crippen molar-refractivity contribution in [2.75, 3.05) is 26.9 Å². The number of hydrogen-bond acceptors (Lipinski definition) is 4. The van der Waals surface area contributed by atoms with Crippen LogP contribution >= 0.6 is 24.0 Å². The lowest BCUT2D eigenvalue weighted by Crippen LogP contribution is -2.36. The molecule has 0 spiro atoms. The van der Waals surface area contributed by atoms with Gasteiger partial charge in [-0.3, -0.25) is 4.99 Å². The van der Waals surface area contributed by atoms with Crippen LogP contribution in [0.3, 0.4) is 0 Å². The summed E-state index contributed by atoms with van der Waals surface area (Å²) in [6, 6.07) is 16.3. The van der Waals surface area contributed by atoms with Crippen LogP contribution in [0.15, 0.2) is 59.7 Å². The third kappa shape index (κ3) is 7.83. The molecule has 3 aromatic rings. The van der Waals surface area contributed by atoms with Crippen LogP contribution in [-0.2, 0) is 17.8 Å². The second kappa shape index (κ2) is 13.7. The number of nitrogens with one attached hydrogen (secondary N) is 3. The normalized spacial score (nSPS) is 11.0. The fraction of sp³-hybridized carbons (Fsp3) is 0.333. The highest BCUT2D eigenvalue weighted by molar-refractivity contribution is 14.0. The molecule has 8 heteroatoms. The van der Waals surface area contributed by atoms with Crippen LogP contribution in [0.5, 0.6) is 5.75 Å². The topological polar surface area (TPSA) is 83.6 Å². The number of H-pyrrole nitrogens is 1. The quantitative estimate of drug-likeness (QED) is 0.152. The minimum absolute atomic E-state index is 0. The molecule has 2 aromatic carbocycles. The maximum Gasteiger partial charge on any atom is 0.191 e. The third-order valence-electron chi connectivity index (χ3n) is 4.72. The maximum absolute atomic E-state index is 5.92. The van der Waals surface area contributed by atoms with Crippen molar-refractivity contribution in [3.63, 3.8) is 0 Å². The number of nitrogens with zero attached hydrogens (tertiary/aromatic N) is 2. The molecule has 172 valence electrons. The van der Waals surface area contributed by atoms with Gasteiger partial charge in [0.05, 0.1) is 25.0 Å². The minimum atomic E-state index is 0. The predicted molar refractivity (Wildman–Crippen MR) is 140 cm³/mol. The van der Waals surface area contributed by atoms with Gasteiger partial charge in [-0.05, 0) is 31.0 Å². The van der Waals surface area contributed by atoms with Crippen molar-refractivity contribution in [1.29, 1.82) is 0 Å². The van der Waals surface area contributed by atoms with E-state index in [1.807, 2.05) is 37.4 Å². The van der Waals surface area contributed by atoms with Crippen molar-refractivity contribution in [3.8, 4) is 17.0 Å². The standard InChI is InChI=1S/C24H31N5O2.HI/c1-4-30-12-13-31-22-14-18(2)10-11-20(22)15-27-24(25-3)28-17-23-26-16-21(29-23)19-8-6-5-7-9-19;/h5-11,14,16H,4,12-13,15,17H2,1-3H3,(H,26,29)(H2,25,27,28);1H. The first-order valence-electron chi connectivity index (χ1n) is 10.5. The van der Waals surface area contributed by atoms with Crippen LogP contribution in [0.1, 0.15) is 23.9 Å². The summed E-state index contributed by atoms with van der Waals surface area (Å²) in [5.41, 5.74) is 4.33. The number of ether oxygens (including phenoxy) is 2. The van der Waals surface area contributed by atoms with E-state index in [-0.39, 0.29) is 24.0 Å². The zero-order valence-electron chi connectivity index (χ0n) is 18.9. The number of rotatable bonds is 10. The van der Waals surface area contributed by atoms with Gasteiger partial charge in [0.15, 0.2) is 5.96 Å². The Balaban J connectivity index is 0.00000363. The van der Waals surface area contributed by atoms with Gasteiger partial charge < -0.3 is 25.1 Å². The van der Waals surface area contributed by atoms with E-state index in [1.165, 1.54) is 0 Å². The Labute approximate surface area is 207 Å². The van der Waals surface area contributed by atoms with Gasteiger partial charge in [0.2, 0.25) is 0 Å². The molecule has 7 nitrogen and oxygen atoms in total. The van der Waals surface area contributed by atoms with E-state index in [9.17, 15) is 0 Å². The Hall–Kier alpha value is -2.59. The molecule has 0 radical (unpaired) electrons. The molecule has 0 aliphatic carbocycles. The van der Waals surface area contributed by atoms with E-state index in [0.717, 1.165) is 34.0 Å². The molecule has 1 aromatic heterocycles. The number of hydrogen-bond donors (Lipinski definition) is 3. The molecular formula is C24H32IN5O2. The molecule has 0 saturated heterocycles. The Morgan fingerprint density at radius 2 is 1.84 bits per heavy atom. The first-order chi connectivity index (χ1) is 15.2. The van der Waals surface area contributed by atoms with Crippen LogP contribution < -0.4 is 15.4 Å². The summed E-state index contributed by atoms with van der Waals surface area (Å²) in [4.78, 5) is 12.1. The molecule has 0 bridgehead atoms. The highest BCUT2D eigenvalue weighted by Crippen LogP contribution is 2.20. The molecular weight excluding hydrogens is 517 g/mol. The van der Waals surface area contributed by atoms with Crippen molar-refractivity contribution in [1.82, 2.24) is 20.6 Å². The smallest absolute Gasteiger partial charge is 0.191 e. The molecule has 0 aliphatic heterocycles. The minimum Gasteiger partial charge on any atom is -0.491 e. The number of imidazole rings is 1. The van der Waals surface area contributed by atoms with Crippen molar-refractivity contribution >= 4 is 29.9 Å². The maximum atomic E-state index is 5.92. The fourth-order valence-electron chi connectivity index (χ4n) is 3.08. The summed E-state index contributed by atoms with van der Waals surface area (Å²) in [5, 5.41) is 6.64. The fourth-order valence-corrected chi connectivity index (χ4v) is 3.08. The first-order valence-corrected chi connectivity index (χ1v) is 10.5. The van der Waals surface area contributed by atoms with Gasteiger partial charge in [-0.2, -0.15) is 0 Å². The molecule has 0 saturated carbocycles. The van der Waals surface area contributed by atoms with E-state index < -0.39 is 0 Å². The summed E-state index contributed by atoms with van der Waals surface area (Å²) in [6.45, 7) is 6.96. The number of benzene rings is 2. The van der Waals surface area contributed by atoms with Gasteiger partial charge in [-0.25, -0.2) is 4.98 Å². The SMILES string of the molecule is CCOCCOc1cc(C)ccc1CNC(=NC)NCc1ncc(-c2ccccc2)[nH]1.I. The van der Waals surface area contributed by atoms with E-state index in [0.29, 0.717) is 38.9 Å². The lowest BCUT2D eigenvalue weighted by Gasteiger charge is -2.15. The monoisotopic (exact) mass is 549 g/mol. The highest BCUT2D eigenvalue weighted by atomic mass is 127. The third-order valence-corrected chi connectivity index (χ3v) is 4.72. The Kier molecular flexibility index (Phi) is 11.0. The summed E-state index contributed by atoms with van der Waals surface area (Å²) in [5.74, 6) is 2.40. The van der Waals surface area contributed by atoms with Crippen molar-refractivity contribution in [2.45, 2.75) is 26.9 Å². The number of aliphatic imine (C=N–C) groups is 1. The van der Waals surface area contributed by atoms with Gasteiger partial charge in [0, 0.05) is 25.8 Å². The zero-order chi connectivity index (χ0) is 21.9. The average Bonchev–Trinajstić information content (AvgIpc) is 3.27. The van der Waals surface area contributed by atoms with Crippen LogP contribution in [0.2, 0.25) is 0 Å². The second-order valence-electron chi connectivity index (χ2n) is 7.05. The first kappa shape index (κ1) is 25.7. The predicted octanol–water partition coefficient (Wildman–Crippen LogP) is 4.28. The van der Waals surface area contributed by atoms with Crippen molar-refractivity contribution in [3.05, 3.63) is 71.7 Å². The van der Waals surface area contributed by atoms with Gasteiger partial charge >= 0.3 is 0 Å². The summed E-state index contributed by atoms with van der Waals surface area (Å²) in [6.07, 6.45) is 1.85. The molecule has 0 atom stereocenters. The van der Waals surface area contributed by atoms with Crippen LogP contribution in [-0.4, -0.2) is 42.8 Å². The van der Waals surface area contributed by atoms with Crippen molar-refractivity contribution in [2.24, 2.45) is 4.99 Å². The number of aromatic nitrogens is 2. The number of guanidine groups is 1. The average molecular weight is 549 g/mol. The molecule has 0 fully saturated rings.